The first-order valence-electron chi connectivity index (χ1n) is 37.6. The molecule has 12 aromatic carbocycles. The molecule has 27 heteroatoms. The normalized spacial score (nSPS) is 14.3. The monoisotopic (exact) mass is 1710 g/mol. The summed E-state index contributed by atoms with van der Waals surface area (Å²) in [6, 6.07) is 91.5. The number of rotatable bonds is 27. The first kappa shape index (κ1) is 91.2. The van der Waals surface area contributed by atoms with Crippen molar-refractivity contribution < 1.29 is 86.4 Å². The van der Waals surface area contributed by atoms with Gasteiger partial charge < -0.3 is 35.8 Å². The molecule has 0 radical (unpaired) electrons. The number of Topliss-reactive ketones (excluding diaryl/α,β-unsaturated/α-hetero) is 1. The SMILES string of the molecule is C.CP(C=N)(c1ccccc1)(c1ccccc1)c1ccccc1.N#CC(=Pc1ccccc1)C(=O)C1(NC(=O)N[C@](Cc2ccccc2)(c2ccc(F)cc2)c2cc(F)cc(OC(F)(F)C(F)F)c2)CC1.O=C(NC1(C(=O)O)CC1)N[C@](Cc1ccccc1)(c1ccc(F)cc1)c1cc(F)cc(OC(F)(F)C(F)F)c1.c1ccc(-c2ccccc2)cc1. The van der Waals surface area contributed by atoms with E-state index in [0.717, 1.165) is 48.5 Å². The van der Waals surface area contributed by atoms with Crippen LogP contribution in [0.25, 0.3) is 11.1 Å². The van der Waals surface area contributed by atoms with Crippen LogP contribution >= 0.6 is 14.8 Å². The molecule has 0 aromatic heterocycles. The van der Waals surface area contributed by atoms with Crippen LogP contribution in [0.1, 0.15) is 66.5 Å². The first-order valence-corrected chi connectivity index (χ1v) is 41.3. The van der Waals surface area contributed by atoms with Gasteiger partial charge in [-0.2, -0.15) is 40.4 Å². The Balaban J connectivity index is 0.000000187. The van der Waals surface area contributed by atoms with E-state index in [4.69, 9.17) is 5.41 Å². The predicted octanol–water partition coefficient (Wildman–Crippen LogP) is 20.4. The van der Waals surface area contributed by atoms with Crippen molar-refractivity contribution >= 4 is 71.1 Å². The minimum atomic E-state index is -4.97. The molecule has 2 aliphatic rings. The van der Waals surface area contributed by atoms with Crippen LogP contribution < -0.4 is 52.0 Å². The fraction of sp³-hybridized carbons (Fsp3) is 0.168. The van der Waals surface area contributed by atoms with Crippen molar-refractivity contribution in [2.24, 2.45) is 0 Å². The van der Waals surface area contributed by atoms with E-state index < -0.39 is 112 Å². The maximum Gasteiger partial charge on any atom is 0.461 e. The van der Waals surface area contributed by atoms with Gasteiger partial charge in [0.1, 0.15) is 57.2 Å². The summed E-state index contributed by atoms with van der Waals surface area (Å²) in [5.41, 5.74) is -3.15. The number of alkyl halides is 8. The third-order valence-corrected chi connectivity index (χ3v) is 27.1. The molecule has 2 aliphatic carbocycles. The third-order valence-electron chi connectivity index (χ3n) is 20.5. The van der Waals surface area contributed by atoms with E-state index in [1.54, 1.807) is 97.0 Å². The van der Waals surface area contributed by atoms with E-state index in [1.165, 1.54) is 51.3 Å². The molecule has 2 fully saturated rings. The number of amides is 4. The molecule has 14 rings (SSSR count). The molecule has 0 heterocycles. The van der Waals surface area contributed by atoms with E-state index in [0.29, 0.717) is 36.8 Å². The van der Waals surface area contributed by atoms with Crippen molar-refractivity contribution in [3.05, 3.63) is 384 Å². The number of ketones is 1. The topological polar surface area (TPSA) is 203 Å². The summed E-state index contributed by atoms with van der Waals surface area (Å²) in [4.78, 5) is 52.3. The van der Waals surface area contributed by atoms with Gasteiger partial charge in [-0.3, -0.25) is 4.79 Å². The summed E-state index contributed by atoms with van der Waals surface area (Å²) >= 11 is 0. The van der Waals surface area contributed by atoms with Gasteiger partial charge in [-0.15, -0.1) is 0 Å². The molecule has 628 valence electrons. The number of aliphatic carboxylic acids is 1. The number of nitrogens with zero attached hydrogens (tertiary/aromatic N) is 1. The largest absolute Gasteiger partial charge is 0.480 e. The van der Waals surface area contributed by atoms with Crippen LogP contribution in [-0.2, 0) is 33.5 Å². The number of carbonyl (C=O) groups excluding carboxylic acids is 3. The Morgan fingerprint density at radius 1 is 0.459 bits per heavy atom. The molecule has 2 saturated carbocycles. The van der Waals surface area contributed by atoms with E-state index in [2.05, 4.69) is 159 Å². The number of carboxylic acids is 1. The number of halogens is 12. The van der Waals surface area contributed by atoms with Gasteiger partial charge in [-0.1, -0.05) is 183 Å². The average Bonchev–Trinajstić information content (AvgIpc) is 1.06. The van der Waals surface area contributed by atoms with Gasteiger partial charge in [0.2, 0.25) is 5.78 Å². The molecule has 122 heavy (non-hydrogen) atoms. The molecule has 0 aliphatic heterocycles. The van der Waals surface area contributed by atoms with E-state index >= 15 is 4.39 Å². The molecular weight excluding hydrogens is 1630 g/mol. The quantitative estimate of drug-likeness (QED) is 0.0166. The summed E-state index contributed by atoms with van der Waals surface area (Å²) in [6.07, 6.45) is -18.0. The van der Waals surface area contributed by atoms with E-state index in [-0.39, 0.29) is 73.5 Å². The second-order valence-corrected chi connectivity index (χ2v) is 35.1. The fourth-order valence-electron chi connectivity index (χ4n) is 13.8. The number of carboxylic acid groups (broad SMARTS) is 1. The number of nitriles is 1. The Morgan fingerprint density at radius 3 is 1.07 bits per heavy atom. The minimum Gasteiger partial charge on any atom is -0.480 e. The van der Waals surface area contributed by atoms with Crippen molar-refractivity contribution in [2.45, 2.75) is 93.2 Å². The first-order chi connectivity index (χ1) is 57.9. The summed E-state index contributed by atoms with van der Waals surface area (Å²) in [6.45, 7) is -0.596. The second kappa shape index (κ2) is 39.4. The van der Waals surface area contributed by atoms with Crippen LogP contribution in [0.15, 0.2) is 328 Å². The van der Waals surface area contributed by atoms with Crippen LogP contribution in [0.5, 0.6) is 11.5 Å². The van der Waals surface area contributed by atoms with Gasteiger partial charge in [0.25, 0.3) is 0 Å². The van der Waals surface area contributed by atoms with Gasteiger partial charge >= 0.3 is 175 Å². The van der Waals surface area contributed by atoms with E-state index in [1.807, 2.05) is 36.4 Å². The Hall–Kier alpha value is -13.2. The summed E-state index contributed by atoms with van der Waals surface area (Å²) in [7, 11) is 0.334. The van der Waals surface area contributed by atoms with Gasteiger partial charge in [0, 0.05) is 30.3 Å². The van der Waals surface area contributed by atoms with Crippen LogP contribution in [0.2, 0.25) is 0 Å². The zero-order chi connectivity index (χ0) is 86.7. The summed E-state index contributed by atoms with van der Waals surface area (Å²) < 4.78 is 173. The predicted molar refractivity (Wildman–Crippen MR) is 453 cm³/mol. The fourth-order valence-corrected chi connectivity index (χ4v) is 18.9. The molecule has 0 unspecified atom stereocenters. The molecule has 0 saturated heterocycles. The number of nitrogens with one attached hydrogen (secondary N) is 5. The second-order valence-electron chi connectivity index (χ2n) is 28.8. The van der Waals surface area contributed by atoms with Crippen molar-refractivity contribution in [1.82, 2.24) is 21.3 Å². The average molecular weight is 1710 g/mol. The number of hydrogen-bond donors (Lipinski definition) is 6. The van der Waals surface area contributed by atoms with Gasteiger partial charge in [0.15, 0.2) is 0 Å². The Bertz CT molecular complexity index is 5490. The molecule has 2 atom stereocenters. The minimum absolute atomic E-state index is 0. The Kier molecular flexibility index (Phi) is 29.4. The van der Waals surface area contributed by atoms with Crippen LogP contribution in [-0.4, -0.2) is 83.0 Å². The molecule has 4 amide bonds. The van der Waals surface area contributed by atoms with Crippen molar-refractivity contribution in [3.63, 3.8) is 0 Å². The number of carbonyl (C=O) groups is 4. The number of hydrogen-bond acceptors (Lipinski definition) is 8. The molecule has 12 aromatic rings. The molecule has 0 spiro atoms. The number of benzene rings is 12. The standard InChI is InChI=1S/C35H26F6N3O3P.C27H22F6N2O4.C20H20NP.C12H10.CH4/c36-25-13-11-23(12-14-25)34(20-22-7-3-1-4-8-22,24-17-26(37)19-27(18-24)47-35(40,41)31(38)39)44-32(46)43-33(15-16-33)30(45)29(21-42)48-28-9-5-2-6-10-28;28-19-8-6-17(7-9-19)26(15-16-4-2-1-3-5-16,35-24(38)34-25(10-11-25)23(36)37)18-12-20(29)14-21(13-18)39-27(32,33)22(30)31;1-22(17-21,18-11-5-2-6-12-18,19-13-7-3-8-14-19)20-15-9-4-10-16-20;1-3-7-11(8-4-1)12-9-5-2-6-10-12;/h1-14,17-19,31H,15-16,20H2,(H2,43,44,46);1-9,12-14,22H,10-11,15H2,(H,36,37)(H2,34,35,38);2-17,21H,1H3;1-10H;1H4/t34-;26-;;;/m11.../s1. The van der Waals surface area contributed by atoms with E-state index in [9.17, 15) is 77.8 Å². The van der Waals surface area contributed by atoms with Gasteiger partial charge in [-0.25, -0.2) is 31.9 Å². The van der Waals surface area contributed by atoms with Crippen LogP contribution in [0.3, 0.4) is 0 Å². The van der Waals surface area contributed by atoms with Crippen molar-refractivity contribution in [2.75, 3.05) is 6.66 Å². The van der Waals surface area contributed by atoms with Gasteiger partial charge in [0.05, 0.1) is 11.1 Å². The van der Waals surface area contributed by atoms with Crippen LogP contribution in [0, 0.1) is 40.0 Å². The van der Waals surface area contributed by atoms with Gasteiger partial charge in [-0.05, 0) is 127 Å². The maximum atomic E-state index is 15.1. The maximum absolute atomic E-state index is 15.1. The number of ether oxygens (including phenoxy) is 2. The molecule has 0 bridgehead atoms. The van der Waals surface area contributed by atoms with Crippen LogP contribution in [0.4, 0.5) is 62.3 Å². The zero-order valence-corrected chi connectivity index (χ0v) is 66.2. The summed E-state index contributed by atoms with van der Waals surface area (Å²) in [5.74, 6) is -5.71. The van der Waals surface area contributed by atoms with Crippen molar-refractivity contribution in [3.8, 4) is 28.7 Å². The summed E-state index contributed by atoms with van der Waals surface area (Å²) in [5, 5.41) is 42.4. The molecule has 6 N–H and O–H groups in total. The molecule has 13 nitrogen and oxygen atoms in total. The molecular formula is C95H82F12N6O7P2. The zero-order valence-electron chi connectivity index (χ0n) is 64.4. The third kappa shape index (κ3) is 21.7. The Labute approximate surface area is 698 Å². The number of urea groups is 2. The Morgan fingerprint density at radius 2 is 0.770 bits per heavy atom. The van der Waals surface area contributed by atoms with Crippen molar-refractivity contribution in [1.29, 1.82) is 10.7 Å². The smallest absolute Gasteiger partial charge is 0.461 e.